The van der Waals surface area contributed by atoms with E-state index in [1.165, 1.54) is 7.11 Å². The monoisotopic (exact) mass is 719 g/mol. The van der Waals surface area contributed by atoms with Gasteiger partial charge in [-0.05, 0) is 55.7 Å². The van der Waals surface area contributed by atoms with Crippen molar-refractivity contribution >= 4 is 17.7 Å². The normalized spacial score (nSPS) is 40.0. The van der Waals surface area contributed by atoms with Crippen LogP contribution in [-0.2, 0) is 38.1 Å². The first kappa shape index (κ1) is 38.1. The Morgan fingerprint density at radius 2 is 1.87 bits per heavy atom. The minimum atomic E-state index is -1.84. The molecule has 4 heterocycles. The van der Waals surface area contributed by atoms with Crippen molar-refractivity contribution in [2.75, 3.05) is 13.7 Å². The first-order valence-electron chi connectivity index (χ1n) is 18.6. The fourth-order valence-corrected chi connectivity index (χ4v) is 8.43. The predicted molar refractivity (Wildman–Crippen MR) is 193 cm³/mol. The van der Waals surface area contributed by atoms with Gasteiger partial charge < -0.3 is 38.7 Å². The number of nitrogens with zero attached hydrogens (tertiary/aromatic N) is 1. The number of hydrogen-bond donors (Lipinski definition) is 2. The van der Waals surface area contributed by atoms with E-state index in [4.69, 9.17) is 28.5 Å². The molecule has 11 atom stereocenters. The molecule has 1 aliphatic carbocycles. The van der Waals surface area contributed by atoms with E-state index >= 15 is 0 Å². The van der Waals surface area contributed by atoms with Gasteiger partial charge in [-0.25, -0.2) is 4.79 Å². The van der Waals surface area contributed by atoms with Gasteiger partial charge in [0.25, 0.3) is 0 Å². The van der Waals surface area contributed by atoms with Gasteiger partial charge in [0.15, 0.2) is 11.5 Å². The van der Waals surface area contributed by atoms with Crippen molar-refractivity contribution in [2.24, 2.45) is 22.9 Å². The van der Waals surface area contributed by atoms with Gasteiger partial charge in [0, 0.05) is 30.7 Å². The van der Waals surface area contributed by atoms with E-state index in [0.717, 1.165) is 18.4 Å². The molecule has 1 aromatic carbocycles. The molecule has 11 heteroatoms. The number of oxime groups is 1. The van der Waals surface area contributed by atoms with Crippen LogP contribution in [0.5, 0.6) is 0 Å². The molecule has 11 nitrogen and oxygen atoms in total. The fraction of sp³-hybridized carbons (Fsp3) is 0.585. The number of allylic oxidation sites excluding steroid dienone is 2. The van der Waals surface area contributed by atoms with Crippen LogP contribution in [0.4, 0.5) is 0 Å². The number of carbonyl (C=O) groups excluding carboxylic acids is 2. The summed E-state index contributed by atoms with van der Waals surface area (Å²) in [5, 5.41) is 27.4. The lowest BCUT2D eigenvalue weighted by molar-refractivity contribution is -0.335. The Balaban J connectivity index is 1.39. The lowest BCUT2D eigenvalue weighted by Crippen LogP contribution is -2.58. The van der Waals surface area contributed by atoms with Crippen LogP contribution < -0.4 is 0 Å². The van der Waals surface area contributed by atoms with E-state index in [2.05, 4.69) is 19.0 Å². The Hall–Kier alpha value is -3.61. The Bertz CT molecular complexity index is 1630. The number of hydrogen-bond acceptors (Lipinski definition) is 11. The first-order chi connectivity index (χ1) is 24.9. The van der Waals surface area contributed by atoms with Crippen LogP contribution in [0.25, 0.3) is 0 Å². The third-order valence-electron chi connectivity index (χ3n) is 11.4. The zero-order valence-electron chi connectivity index (χ0n) is 31.0. The van der Waals surface area contributed by atoms with Gasteiger partial charge in [0.1, 0.15) is 43.0 Å². The molecule has 0 radical (unpaired) electrons. The highest BCUT2D eigenvalue weighted by Gasteiger charge is 2.60. The summed E-state index contributed by atoms with van der Waals surface area (Å²) in [6, 6.07) is 9.00. The number of benzene rings is 1. The number of fused-ring (bicyclic) bond motifs is 2. The van der Waals surface area contributed by atoms with E-state index < -0.39 is 53.7 Å². The molecule has 3 saturated heterocycles. The highest BCUT2D eigenvalue weighted by molar-refractivity contribution is 6.43. The quantitative estimate of drug-likeness (QED) is 0.174. The third-order valence-corrected chi connectivity index (χ3v) is 11.4. The summed E-state index contributed by atoms with van der Waals surface area (Å²) in [7, 11) is 1.38. The van der Waals surface area contributed by atoms with Crippen LogP contribution in [0.1, 0.15) is 78.7 Å². The van der Waals surface area contributed by atoms with Crippen molar-refractivity contribution in [3.63, 3.8) is 0 Å². The van der Waals surface area contributed by atoms with Gasteiger partial charge in [-0.1, -0.05) is 86.6 Å². The molecule has 52 heavy (non-hydrogen) atoms. The maximum Gasteiger partial charge on any atom is 0.361 e. The lowest BCUT2D eigenvalue weighted by Gasteiger charge is -2.50. The van der Waals surface area contributed by atoms with Crippen molar-refractivity contribution in [1.82, 2.24) is 0 Å². The molecule has 0 saturated carbocycles. The average Bonchev–Trinajstić information content (AvgIpc) is 3.47. The molecule has 1 aromatic rings. The molecule has 4 aliphatic heterocycles. The zero-order chi connectivity index (χ0) is 37.2. The molecule has 6 rings (SSSR count). The summed E-state index contributed by atoms with van der Waals surface area (Å²) >= 11 is 0. The first-order valence-corrected chi connectivity index (χ1v) is 18.6. The van der Waals surface area contributed by atoms with E-state index in [0.29, 0.717) is 48.3 Å². The Morgan fingerprint density at radius 3 is 2.60 bits per heavy atom. The fourth-order valence-electron chi connectivity index (χ4n) is 8.43. The topological polar surface area (TPSA) is 142 Å². The van der Waals surface area contributed by atoms with Gasteiger partial charge in [0.05, 0.1) is 18.8 Å². The van der Waals surface area contributed by atoms with E-state index in [1.807, 2.05) is 44.2 Å². The number of aliphatic hydroxyl groups excluding tert-OH is 1. The largest absolute Gasteiger partial charge is 0.462 e. The minimum Gasteiger partial charge on any atom is -0.462 e. The third kappa shape index (κ3) is 7.57. The van der Waals surface area contributed by atoms with Crippen molar-refractivity contribution < 1.29 is 48.3 Å². The van der Waals surface area contributed by atoms with Crippen LogP contribution in [0, 0.1) is 17.8 Å². The van der Waals surface area contributed by atoms with Crippen LogP contribution in [0.3, 0.4) is 0 Å². The number of ether oxygens (including phenoxy) is 5. The van der Waals surface area contributed by atoms with Crippen LogP contribution in [0.15, 0.2) is 82.6 Å². The standard InChI is InChI=1S/C41H53NO10/c1-7-33-24(2)18-19-40(52-33)22-31-21-30(51-40)17-16-26(4)36(50-39(45)34(42-47-6)28-13-9-8-10-14-28)25(3)12-11-15-29-23-48-37-35(43)27(5)20-32(38(44)49-31)41(29,37)46/h8-16,20,24-25,30-33,35-37,43,46H,7,17-19,21-23H2,1-6H3/b12-11-,26-16-,29-15?,42-34+/t24-,25-,30+,31-,32-,33+,35+,36+,37+,40+,41-/m0/s1. The molecule has 0 amide bonds. The summed E-state index contributed by atoms with van der Waals surface area (Å²) in [4.78, 5) is 32.9. The van der Waals surface area contributed by atoms with E-state index in [9.17, 15) is 19.8 Å². The molecule has 0 unspecified atom stereocenters. The minimum absolute atomic E-state index is 0.00166. The van der Waals surface area contributed by atoms with Gasteiger partial charge in [-0.15, -0.1) is 0 Å². The second-order valence-corrected chi connectivity index (χ2v) is 15.1. The summed E-state index contributed by atoms with van der Waals surface area (Å²) < 4.78 is 32.0. The maximum atomic E-state index is 14.1. The number of aliphatic hydroxyl groups is 2. The van der Waals surface area contributed by atoms with E-state index in [1.54, 1.807) is 37.3 Å². The predicted octanol–water partition coefficient (Wildman–Crippen LogP) is 5.50. The van der Waals surface area contributed by atoms with Crippen molar-refractivity contribution in [3.05, 3.63) is 83.0 Å². The smallest absolute Gasteiger partial charge is 0.361 e. The van der Waals surface area contributed by atoms with E-state index in [-0.39, 0.29) is 30.4 Å². The van der Waals surface area contributed by atoms with Crippen LogP contribution in [0.2, 0.25) is 0 Å². The molecule has 2 N–H and O–H groups in total. The molecule has 2 bridgehead atoms. The average molecular weight is 720 g/mol. The van der Waals surface area contributed by atoms with Crippen molar-refractivity contribution in [3.8, 4) is 0 Å². The SMILES string of the molecule is CC[C@H]1O[C@]2(CC[C@@H]1C)C[C@@H]1C[C@@H](C/C=C(/C)[C@H](OC(=O)/C(=N/OC)c3ccccc3)[C@@H](C)/C=C\C=C3CO[C@@H]4[C@H](O)C(C)=C[C@@H](C(=O)O1)[C@@]34O)O2. The van der Waals surface area contributed by atoms with Gasteiger partial charge >= 0.3 is 11.9 Å². The molecule has 3 fully saturated rings. The zero-order valence-corrected chi connectivity index (χ0v) is 31.0. The summed E-state index contributed by atoms with van der Waals surface area (Å²) in [5.41, 5.74) is 0.535. The second-order valence-electron chi connectivity index (χ2n) is 15.1. The maximum absolute atomic E-state index is 14.1. The van der Waals surface area contributed by atoms with Crippen LogP contribution in [-0.4, -0.2) is 89.6 Å². The molecule has 5 aliphatic rings. The van der Waals surface area contributed by atoms with Gasteiger partial charge in [-0.3, -0.25) is 4.79 Å². The highest BCUT2D eigenvalue weighted by Crippen LogP contribution is 2.47. The molecular weight excluding hydrogens is 666 g/mol. The highest BCUT2D eigenvalue weighted by atomic mass is 16.7. The molecule has 1 spiro atoms. The van der Waals surface area contributed by atoms with Gasteiger partial charge in [0.2, 0.25) is 0 Å². The van der Waals surface area contributed by atoms with Crippen molar-refractivity contribution in [2.45, 2.75) is 121 Å². The number of esters is 2. The Morgan fingerprint density at radius 1 is 1.10 bits per heavy atom. The summed E-state index contributed by atoms with van der Waals surface area (Å²) in [6.07, 6.45) is 8.81. The van der Waals surface area contributed by atoms with Crippen LogP contribution >= 0.6 is 0 Å². The number of rotatable bonds is 5. The molecule has 0 aromatic heterocycles. The molecule has 282 valence electrons. The Labute approximate surface area is 306 Å². The summed E-state index contributed by atoms with van der Waals surface area (Å²) in [5.74, 6) is -3.24. The number of carbonyl (C=O) groups is 2. The van der Waals surface area contributed by atoms with Crippen molar-refractivity contribution in [1.29, 1.82) is 0 Å². The lowest BCUT2D eigenvalue weighted by atomic mass is 9.71. The molecular formula is C41H53NO10. The summed E-state index contributed by atoms with van der Waals surface area (Å²) in [6.45, 7) is 9.88. The Kier molecular flexibility index (Phi) is 11.6. The van der Waals surface area contributed by atoms with Gasteiger partial charge in [-0.2, -0.15) is 0 Å². The second kappa shape index (κ2) is 15.8.